The molecule has 0 radical (unpaired) electrons. The highest BCUT2D eigenvalue weighted by atomic mass is 16.2. The van der Waals surface area contributed by atoms with E-state index >= 15 is 0 Å². The largest absolute Gasteiger partial charge is 0.349 e. The summed E-state index contributed by atoms with van der Waals surface area (Å²) in [6.07, 6.45) is 6.82. The molecule has 0 saturated heterocycles. The summed E-state index contributed by atoms with van der Waals surface area (Å²) in [7, 11) is 0. The van der Waals surface area contributed by atoms with Crippen LogP contribution in [0.2, 0.25) is 0 Å². The second kappa shape index (κ2) is 7.17. The number of carbonyl (C=O) groups excluding carboxylic acids is 2. The number of hydrogen-bond donors (Lipinski definition) is 1. The molecular formula is C19H26N6O2. The van der Waals surface area contributed by atoms with Gasteiger partial charge in [-0.15, -0.1) is 0 Å². The third kappa shape index (κ3) is 3.61. The highest BCUT2D eigenvalue weighted by Crippen LogP contribution is 2.29. The number of aryl methyl sites for hydroxylation is 1. The van der Waals surface area contributed by atoms with Crippen molar-refractivity contribution in [3.63, 3.8) is 0 Å². The lowest BCUT2D eigenvalue weighted by Gasteiger charge is -2.34. The molecule has 3 heterocycles. The van der Waals surface area contributed by atoms with Gasteiger partial charge in [-0.05, 0) is 38.3 Å². The maximum atomic E-state index is 12.5. The molecule has 8 heteroatoms. The molecule has 1 atom stereocenters. The Morgan fingerprint density at radius 3 is 2.81 bits per heavy atom. The smallest absolute Gasteiger partial charge is 0.244 e. The van der Waals surface area contributed by atoms with Crippen molar-refractivity contribution in [3.05, 3.63) is 35.4 Å². The molecule has 1 N–H and O–H groups in total. The first-order valence-electron chi connectivity index (χ1n) is 9.64. The summed E-state index contributed by atoms with van der Waals surface area (Å²) < 4.78 is 3.61. The number of nitrogens with one attached hydrogen (secondary N) is 1. The van der Waals surface area contributed by atoms with E-state index in [-0.39, 0.29) is 23.8 Å². The third-order valence-electron chi connectivity index (χ3n) is 5.57. The molecule has 0 aromatic carbocycles. The molecule has 0 spiro atoms. The van der Waals surface area contributed by atoms with Gasteiger partial charge in [-0.1, -0.05) is 6.42 Å². The van der Waals surface area contributed by atoms with Gasteiger partial charge in [-0.2, -0.15) is 10.2 Å². The van der Waals surface area contributed by atoms with Crippen molar-refractivity contribution in [3.8, 4) is 0 Å². The fourth-order valence-electron chi connectivity index (χ4n) is 3.60. The molecular weight excluding hydrogens is 344 g/mol. The van der Waals surface area contributed by atoms with E-state index in [9.17, 15) is 9.59 Å². The molecule has 0 unspecified atom stereocenters. The lowest BCUT2D eigenvalue weighted by Crippen LogP contribution is -2.43. The van der Waals surface area contributed by atoms with Gasteiger partial charge in [-0.3, -0.25) is 19.0 Å². The topological polar surface area (TPSA) is 85.1 Å². The molecule has 2 aliphatic rings. The van der Waals surface area contributed by atoms with Crippen LogP contribution >= 0.6 is 0 Å². The van der Waals surface area contributed by atoms with E-state index in [2.05, 4.69) is 15.5 Å². The van der Waals surface area contributed by atoms with Crippen LogP contribution in [0.15, 0.2) is 18.5 Å². The predicted octanol–water partition coefficient (Wildman–Crippen LogP) is 1.41. The first-order valence-corrected chi connectivity index (χ1v) is 9.64. The molecule has 2 amide bonds. The van der Waals surface area contributed by atoms with Crippen molar-refractivity contribution in [1.82, 2.24) is 29.8 Å². The summed E-state index contributed by atoms with van der Waals surface area (Å²) in [5, 5.41) is 11.7. The second-order valence-electron chi connectivity index (χ2n) is 7.63. The van der Waals surface area contributed by atoms with Gasteiger partial charge in [0.15, 0.2) is 0 Å². The molecule has 2 aromatic rings. The number of carbonyl (C=O) groups is 2. The Morgan fingerprint density at radius 2 is 2.15 bits per heavy atom. The zero-order valence-electron chi connectivity index (χ0n) is 15.9. The highest BCUT2D eigenvalue weighted by molar-refractivity contribution is 5.80. The van der Waals surface area contributed by atoms with Gasteiger partial charge in [0, 0.05) is 18.7 Å². The quantitative estimate of drug-likeness (QED) is 0.862. The normalized spacial score (nSPS) is 17.9. The Labute approximate surface area is 158 Å². The van der Waals surface area contributed by atoms with Crippen LogP contribution in [-0.4, -0.2) is 42.8 Å². The van der Waals surface area contributed by atoms with E-state index in [4.69, 9.17) is 0 Å². The molecule has 27 heavy (non-hydrogen) atoms. The van der Waals surface area contributed by atoms with Crippen molar-refractivity contribution in [2.75, 3.05) is 6.54 Å². The molecule has 1 fully saturated rings. The molecule has 4 rings (SSSR count). The lowest BCUT2D eigenvalue weighted by molar-refractivity contribution is -0.139. The van der Waals surface area contributed by atoms with E-state index in [0.29, 0.717) is 26.2 Å². The molecule has 1 saturated carbocycles. The summed E-state index contributed by atoms with van der Waals surface area (Å²) in [5.74, 6) is 0.420. The Bertz CT molecular complexity index is 850. The van der Waals surface area contributed by atoms with Crippen LogP contribution < -0.4 is 5.32 Å². The van der Waals surface area contributed by atoms with E-state index in [1.807, 2.05) is 35.7 Å². The average molecular weight is 370 g/mol. The summed E-state index contributed by atoms with van der Waals surface area (Å²) in [6.45, 7) is 6.18. The van der Waals surface area contributed by atoms with E-state index < -0.39 is 0 Å². The van der Waals surface area contributed by atoms with Crippen LogP contribution in [0.3, 0.4) is 0 Å². The van der Waals surface area contributed by atoms with E-state index in [0.717, 1.165) is 29.8 Å². The minimum absolute atomic E-state index is 0.0918. The van der Waals surface area contributed by atoms with Gasteiger partial charge in [0.2, 0.25) is 11.8 Å². The lowest BCUT2D eigenvalue weighted by atomic mass is 9.84. The third-order valence-corrected chi connectivity index (χ3v) is 5.57. The number of hydrogen-bond acceptors (Lipinski definition) is 4. The van der Waals surface area contributed by atoms with Crippen molar-refractivity contribution < 1.29 is 9.59 Å². The first-order chi connectivity index (χ1) is 13.0. The van der Waals surface area contributed by atoms with Crippen molar-refractivity contribution in [1.29, 1.82) is 0 Å². The second-order valence-corrected chi connectivity index (χ2v) is 7.63. The SMILES string of the molecule is Cc1cnn([C@@H](C)C(=O)NCc2cc3n(n2)CCN(C(=O)C2CCC2)C3)c1. The van der Waals surface area contributed by atoms with E-state index in [1.54, 1.807) is 10.9 Å². The zero-order chi connectivity index (χ0) is 19.0. The summed E-state index contributed by atoms with van der Waals surface area (Å²) in [5.41, 5.74) is 2.88. The molecule has 1 aliphatic carbocycles. The number of rotatable bonds is 5. The highest BCUT2D eigenvalue weighted by Gasteiger charge is 2.31. The summed E-state index contributed by atoms with van der Waals surface area (Å²) in [6, 6.07) is 1.62. The maximum Gasteiger partial charge on any atom is 0.244 e. The van der Waals surface area contributed by atoms with Crippen LogP contribution in [0.25, 0.3) is 0 Å². The minimum atomic E-state index is -0.369. The van der Waals surface area contributed by atoms with Gasteiger partial charge >= 0.3 is 0 Å². The average Bonchev–Trinajstić information content (AvgIpc) is 3.22. The van der Waals surface area contributed by atoms with Crippen LogP contribution in [0.4, 0.5) is 0 Å². The van der Waals surface area contributed by atoms with Crippen molar-refractivity contribution in [2.45, 2.75) is 58.8 Å². The molecule has 8 nitrogen and oxygen atoms in total. The van der Waals surface area contributed by atoms with Gasteiger partial charge in [0.05, 0.1) is 37.2 Å². The van der Waals surface area contributed by atoms with Crippen LogP contribution in [-0.2, 0) is 29.2 Å². The van der Waals surface area contributed by atoms with Gasteiger partial charge in [-0.25, -0.2) is 0 Å². The maximum absolute atomic E-state index is 12.5. The van der Waals surface area contributed by atoms with Crippen LogP contribution in [0.1, 0.15) is 49.2 Å². The molecule has 0 bridgehead atoms. The van der Waals surface area contributed by atoms with Gasteiger partial charge < -0.3 is 10.2 Å². The molecule has 1 aliphatic heterocycles. The summed E-state index contributed by atoms with van der Waals surface area (Å²) >= 11 is 0. The standard InChI is InChI=1S/C19H26N6O2/c1-13-9-21-25(11-13)14(2)18(26)20-10-16-8-17-12-23(6-7-24(17)22-16)19(27)15-4-3-5-15/h8-9,11,14-15H,3-7,10,12H2,1-2H3,(H,20,26)/t14-/m0/s1. The van der Waals surface area contributed by atoms with Crippen LogP contribution in [0.5, 0.6) is 0 Å². The van der Waals surface area contributed by atoms with Gasteiger partial charge in [0.25, 0.3) is 0 Å². The van der Waals surface area contributed by atoms with Crippen molar-refractivity contribution >= 4 is 11.8 Å². The van der Waals surface area contributed by atoms with Gasteiger partial charge in [0.1, 0.15) is 6.04 Å². The van der Waals surface area contributed by atoms with Crippen molar-refractivity contribution in [2.24, 2.45) is 5.92 Å². The van der Waals surface area contributed by atoms with Crippen LogP contribution in [0, 0.1) is 12.8 Å². The monoisotopic (exact) mass is 370 g/mol. The predicted molar refractivity (Wildman–Crippen MR) is 98.5 cm³/mol. The Morgan fingerprint density at radius 1 is 1.33 bits per heavy atom. The molecule has 2 aromatic heterocycles. The first kappa shape index (κ1) is 17.8. The minimum Gasteiger partial charge on any atom is -0.349 e. The fourth-order valence-corrected chi connectivity index (χ4v) is 3.60. The zero-order valence-corrected chi connectivity index (χ0v) is 15.9. The Kier molecular flexibility index (Phi) is 4.72. The Balaban J connectivity index is 1.34. The Hall–Kier alpha value is -2.64. The number of nitrogens with zero attached hydrogens (tertiary/aromatic N) is 5. The number of amides is 2. The molecule has 144 valence electrons. The fraction of sp³-hybridized carbons (Fsp3) is 0.579. The summed E-state index contributed by atoms with van der Waals surface area (Å²) in [4.78, 5) is 26.8. The van der Waals surface area contributed by atoms with E-state index in [1.165, 1.54) is 6.42 Å². The number of aromatic nitrogens is 4. The number of fused-ring (bicyclic) bond motifs is 1.